The molecule has 0 heterocycles. The molecule has 114 valence electrons. The first kappa shape index (κ1) is 16.0. The Morgan fingerprint density at radius 3 is 2.91 bits per heavy atom. The predicted molar refractivity (Wildman–Crippen MR) is 88.2 cm³/mol. The van der Waals surface area contributed by atoms with E-state index in [0.29, 0.717) is 11.3 Å². The number of amides is 1. The van der Waals surface area contributed by atoms with Crippen LogP contribution in [-0.4, -0.2) is 23.8 Å². The number of aryl methyl sites for hydroxylation is 1. The molecule has 0 aliphatic rings. The second kappa shape index (κ2) is 7.61. The molecule has 0 spiro atoms. The minimum Gasteiger partial charge on any atom is -0.508 e. The normalized spacial score (nSPS) is 10.6. The van der Waals surface area contributed by atoms with Crippen molar-refractivity contribution in [3.05, 3.63) is 58.1 Å². The average Bonchev–Trinajstić information content (AvgIpc) is 2.46. The maximum Gasteiger partial charge on any atom is 0.277 e. The number of carbonyl (C=O) groups is 1. The SMILES string of the molecule is Cc1cc(Br)ccc1OCC(=O)N/N=C/c1cccc(O)c1. The number of benzene rings is 2. The molecule has 5 nitrogen and oxygen atoms in total. The summed E-state index contributed by atoms with van der Waals surface area (Å²) in [5.41, 5.74) is 3.99. The van der Waals surface area contributed by atoms with Crippen molar-refractivity contribution in [1.29, 1.82) is 0 Å². The quantitative estimate of drug-likeness (QED) is 0.634. The third-order valence-corrected chi connectivity index (χ3v) is 3.26. The number of phenolic OH excluding ortho intramolecular Hbond substituents is 1. The Bertz CT molecular complexity index is 702. The minimum atomic E-state index is -0.362. The predicted octanol–water partition coefficient (Wildman–Crippen LogP) is 2.99. The van der Waals surface area contributed by atoms with Crippen LogP contribution in [0.1, 0.15) is 11.1 Å². The minimum absolute atomic E-state index is 0.125. The molecular weight excluding hydrogens is 348 g/mol. The summed E-state index contributed by atoms with van der Waals surface area (Å²) < 4.78 is 6.38. The Kier molecular flexibility index (Phi) is 5.55. The molecule has 6 heteroatoms. The second-order valence-corrected chi connectivity index (χ2v) is 5.50. The van der Waals surface area contributed by atoms with E-state index in [2.05, 4.69) is 26.5 Å². The Morgan fingerprint density at radius 1 is 1.36 bits per heavy atom. The van der Waals surface area contributed by atoms with E-state index in [1.54, 1.807) is 24.3 Å². The van der Waals surface area contributed by atoms with Crippen LogP contribution in [0, 0.1) is 6.92 Å². The monoisotopic (exact) mass is 362 g/mol. The smallest absolute Gasteiger partial charge is 0.277 e. The van der Waals surface area contributed by atoms with E-state index in [0.717, 1.165) is 10.0 Å². The van der Waals surface area contributed by atoms with Gasteiger partial charge in [0, 0.05) is 4.47 Å². The van der Waals surface area contributed by atoms with E-state index in [4.69, 9.17) is 4.74 Å². The van der Waals surface area contributed by atoms with Crippen LogP contribution in [-0.2, 0) is 4.79 Å². The van der Waals surface area contributed by atoms with E-state index in [1.165, 1.54) is 12.3 Å². The topological polar surface area (TPSA) is 70.9 Å². The number of aromatic hydroxyl groups is 1. The third kappa shape index (κ3) is 4.89. The highest BCUT2D eigenvalue weighted by Crippen LogP contribution is 2.21. The molecule has 0 atom stereocenters. The number of hydrazone groups is 1. The molecule has 2 rings (SSSR count). The molecule has 2 N–H and O–H groups in total. The molecule has 2 aromatic rings. The fourth-order valence-electron chi connectivity index (χ4n) is 1.73. The van der Waals surface area contributed by atoms with E-state index < -0.39 is 0 Å². The molecule has 22 heavy (non-hydrogen) atoms. The Labute approximate surface area is 136 Å². The van der Waals surface area contributed by atoms with Crippen molar-refractivity contribution in [3.8, 4) is 11.5 Å². The summed E-state index contributed by atoms with van der Waals surface area (Å²) in [6.45, 7) is 1.78. The summed E-state index contributed by atoms with van der Waals surface area (Å²) in [6.07, 6.45) is 1.45. The summed E-state index contributed by atoms with van der Waals surface area (Å²) in [5, 5.41) is 13.1. The molecule has 0 aliphatic heterocycles. The number of phenols is 1. The van der Waals surface area contributed by atoms with E-state index in [9.17, 15) is 9.90 Å². The van der Waals surface area contributed by atoms with Crippen LogP contribution in [0.25, 0.3) is 0 Å². The van der Waals surface area contributed by atoms with Crippen LogP contribution in [0.3, 0.4) is 0 Å². The maximum atomic E-state index is 11.6. The van der Waals surface area contributed by atoms with Gasteiger partial charge in [-0.2, -0.15) is 5.10 Å². The van der Waals surface area contributed by atoms with Gasteiger partial charge in [-0.3, -0.25) is 4.79 Å². The standard InChI is InChI=1S/C16H15BrN2O3/c1-11-7-13(17)5-6-15(11)22-10-16(21)19-18-9-12-3-2-4-14(20)8-12/h2-9,20H,10H2,1H3,(H,19,21)/b18-9+. The summed E-state index contributed by atoms with van der Waals surface area (Å²) in [4.78, 5) is 11.6. The molecule has 1 amide bonds. The number of ether oxygens (including phenoxy) is 1. The van der Waals surface area contributed by atoms with Gasteiger partial charge in [-0.05, 0) is 48.4 Å². The van der Waals surface area contributed by atoms with Crippen molar-refractivity contribution in [2.45, 2.75) is 6.92 Å². The molecule has 2 aromatic carbocycles. The molecule has 0 saturated carbocycles. The van der Waals surface area contributed by atoms with Gasteiger partial charge in [-0.1, -0.05) is 28.1 Å². The number of nitrogens with zero attached hydrogens (tertiary/aromatic N) is 1. The summed E-state index contributed by atoms with van der Waals surface area (Å²) >= 11 is 3.37. The van der Waals surface area contributed by atoms with Gasteiger partial charge in [-0.25, -0.2) is 5.43 Å². The first-order valence-corrected chi connectivity index (χ1v) is 7.34. The van der Waals surface area contributed by atoms with Crippen molar-refractivity contribution in [3.63, 3.8) is 0 Å². The molecule has 0 aliphatic carbocycles. The highest BCUT2D eigenvalue weighted by atomic mass is 79.9. The zero-order chi connectivity index (χ0) is 15.9. The zero-order valence-electron chi connectivity index (χ0n) is 11.9. The van der Waals surface area contributed by atoms with E-state index >= 15 is 0 Å². The highest BCUT2D eigenvalue weighted by Gasteiger charge is 2.04. The van der Waals surface area contributed by atoms with Crippen LogP contribution in [0.4, 0.5) is 0 Å². The lowest BCUT2D eigenvalue weighted by Crippen LogP contribution is -2.24. The van der Waals surface area contributed by atoms with Gasteiger partial charge in [0.2, 0.25) is 0 Å². The van der Waals surface area contributed by atoms with Crippen molar-refractivity contribution in [1.82, 2.24) is 5.43 Å². The molecule has 0 aromatic heterocycles. The first-order valence-electron chi connectivity index (χ1n) is 6.54. The van der Waals surface area contributed by atoms with Crippen molar-refractivity contribution in [2.24, 2.45) is 5.10 Å². The lowest BCUT2D eigenvalue weighted by Gasteiger charge is -2.08. The van der Waals surface area contributed by atoms with Gasteiger partial charge in [0.1, 0.15) is 11.5 Å². The third-order valence-electron chi connectivity index (χ3n) is 2.77. The van der Waals surface area contributed by atoms with Gasteiger partial charge in [0.05, 0.1) is 6.21 Å². The number of nitrogens with one attached hydrogen (secondary N) is 1. The fraction of sp³-hybridized carbons (Fsp3) is 0.125. The molecule has 0 radical (unpaired) electrons. The van der Waals surface area contributed by atoms with Crippen LogP contribution >= 0.6 is 15.9 Å². The van der Waals surface area contributed by atoms with Crippen molar-refractivity contribution < 1.29 is 14.6 Å². The van der Waals surface area contributed by atoms with Crippen molar-refractivity contribution >= 4 is 28.1 Å². The molecule has 0 unspecified atom stereocenters. The summed E-state index contributed by atoms with van der Waals surface area (Å²) in [7, 11) is 0. The van der Waals surface area contributed by atoms with Crippen molar-refractivity contribution in [2.75, 3.05) is 6.61 Å². The number of hydrogen-bond donors (Lipinski definition) is 2. The largest absolute Gasteiger partial charge is 0.508 e. The van der Waals surface area contributed by atoms with Gasteiger partial charge < -0.3 is 9.84 Å². The van der Waals surface area contributed by atoms with Gasteiger partial charge in [0.15, 0.2) is 6.61 Å². The summed E-state index contributed by atoms with van der Waals surface area (Å²) in [5.74, 6) is 0.429. The number of rotatable bonds is 5. The fourth-order valence-corrected chi connectivity index (χ4v) is 2.21. The average molecular weight is 363 g/mol. The lowest BCUT2D eigenvalue weighted by molar-refractivity contribution is -0.123. The number of hydrogen-bond acceptors (Lipinski definition) is 4. The first-order chi connectivity index (χ1) is 10.5. The maximum absolute atomic E-state index is 11.6. The number of carbonyl (C=O) groups excluding carboxylic acids is 1. The molecule has 0 fully saturated rings. The Balaban J connectivity index is 1.83. The lowest BCUT2D eigenvalue weighted by atomic mass is 10.2. The van der Waals surface area contributed by atoms with Gasteiger partial charge in [0.25, 0.3) is 5.91 Å². The Morgan fingerprint density at radius 2 is 2.18 bits per heavy atom. The summed E-state index contributed by atoms with van der Waals surface area (Å²) in [6, 6.07) is 12.1. The van der Waals surface area contributed by atoms with Gasteiger partial charge >= 0.3 is 0 Å². The van der Waals surface area contributed by atoms with Gasteiger partial charge in [-0.15, -0.1) is 0 Å². The van der Waals surface area contributed by atoms with Crippen LogP contribution < -0.4 is 10.2 Å². The van der Waals surface area contributed by atoms with E-state index in [-0.39, 0.29) is 18.3 Å². The van der Waals surface area contributed by atoms with Crippen LogP contribution in [0.15, 0.2) is 52.0 Å². The van der Waals surface area contributed by atoms with Crippen LogP contribution in [0.2, 0.25) is 0 Å². The van der Waals surface area contributed by atoms with Crippen LogP contribution in [0.5, 0.6) is 11.5 Å². The number of halogens is 1. The zero-order valence-corrected chi connectivity index (χ0v) is 13.5. The second-order valence-electron chi connectivity index (χ2n) is 4.59. The molecular formula is C16H15BrN2O3. The Hall–Kier alpha value is -2.34. The van der Waals surface area contributed by atoms with E-state index in [1.807, 2.05) is 19.1 Å². The molecule has 0 bridgehead atoms. The molecule has 0 saturated heterocycles. The highest BCUT2D eigenvalue weighted by molar-refractivity contribution is 9.10.